The van der Waals surface area contributed by atoms with E-state index < -0.39 is 9.84 Å². The highest BCUT2D eigenvalue weighted by molar-refractivity contribution is 7.90. The number of aromatic nitrogens is 2. The number of hydrogen-bond acceptors (Lipinski definition) is 7. The molecule has 1 aliphatic carbocycles. The second-order valence-corrected chi connectivity index (χ2v) is 10.6. The maximum Gasteiger partial charge on any atom is 0.255 e. The van der Waals surface area contributed by atoms with Crippen LogP contribution in [-0.4, -0.2) is 80.6 Å². The molecule has 0 saturated carbocycles. The summed E-state index contributed by atoms with van der Waals surface area (Å²) in [5, 5.41) is 0. The topological polar surface area (TPSA) is 113 Å². The van der Waals surface area contributed by atoms with Gasteiger partial charge in [0.1, 0.15) is 9.84 Å². The molecule has 2 saturated heterocycles. The lowest BCUT2D eigenvalue weighted by Crippen LogP contribution is -2.45. The number of anilines is 1. The van der Waals surface area contributed by atoms with E-state index in [0.29, 0.717) is 51.8 Å². The average molecular weight is 425 g/mol. The summed E-state index contributed by atoms with van der Waals surface area (Å²) < 4.78 is 28.1. The summed E-state index contributed by atoms with van der Waals surface area (Å²) in [5.74, 6) is 0.386. The summed E-state index contributed by atoms with van der Waals surface area (Å²) in [4.78, 5) is 36.7. The molecule has 9 nitrogen and oxygen atoms in total. The Labute approximate surface area is 170 Å². The van der Waals surface area contributed by atoms with Crippen molar-refractivity contribution in [3.63, 3.8) is 0 Å². The van der Waals surface area contributed by atoms with Crippen LogP contribution in [0.5, 0.6) is 0 Å². The molecule has 0 atom stereocenters. The number of ether oxygens (including phenoxy) is 1. The highest BCUT2D eigenvalue weighted by Gasteiger charge is 2.44. The van der Waals surface area contributed by atoms with E-state index in [9.17, 15) is 18.0 Å². The van der Waals surface area contributed by atoms with Crippen LogP contribution in [0, 0.1) is 0 Å². The normalized spacial score (nSPS) is 21.4. The number of amides is 1. The van der Waals surface area contributed by atoms with Crippen LogP contribution in [0.15, 0.2) is 4.79 Å². The number of aromatic amines is 1. The third-order valence-electron chi connectivity index (χ3n) is 6.43. The van der Waals surface area contributed by atoms with Gasteiger partial charge in [0.2, 0.25) is 11.9 Å². The van der Waals surface area contributed by atoms with Crippen molar-refractivity contribution in [1.29, 1.82) is 0 Å². The summed E-state index contributed by atoms with van der Waals surface area (Å²) in [6.07, 6.45) is 4.27. The lowest BCUT2D eigenvalue weighted by molar-refractivity contribution is -0.132. The van der Waals surface area contributed by atoms with E-state index in [-0.39, 0.29) is 29.1 Å². The van der Waals surface area contributed by atoms with Crippen molar-refractivity contribution in [3.8, 4) is 0 Å². The first-order valence-electron chi connectivity index (χ1n) is 10.2. The highest BCUT2D eigenvalue weighted by Crippen LogP contribution is 2.44. The van der Waals surface area contributed by atoms with Gasteiger partial charge in [-0.2, -0.15) is 0 Å². The number of nitrogens with zero attached hydrogens (tertiary/aromatic N) is 3. The molecule has 1 aromatic heterocycles. The van der Waals surface area contributed by atoms with E-state index in [2.05, 4.69) is 9.88 Å². The first-order valence-corrected chi connectivity index (χ1v) is 12.3. The average Bonchev–Trinajstić information content (AvgIpc) is 3.05. The van der Waals surface area contributed by atoms with Gasteiger partial charge in [-0.1, -0.05) is 0 Å². The van der Waals surface area contributed by atoms with Crippen molar-refractivity contribution >= 4 is 21.7 Å². The quantitative estimate of drug-likeness (QED) is 0.715. The Bertz CT molecular complexity index is 944. The fraction of sp³-hybridized carbons (Fsp3) is 0.737. The minimum atomic E-state index is -3.15. The van der Waals surface area contributed by atoms with Crippen molar-refractivity contribution in [2.75, 3.05) is 56.3 Å². The van der Waals surface area contributed by atoms with Crippen molar-refractivity contribution < 1.29 is 17.9 Å². The largest absolute Gasteiger partial charge is 0.378 e. The van der Waals surface area contributed by atoms with Crippen LogP contribution in [0.1, 0.15) is 36.9 Å². The predicted octanol–water partition coefficient (Wildman–Crippen LogP) is -0.152. The summed E-state index contributed by atoms with van der Waals surface area (Å²) in [6.45, 7) is 3.80. The number of carbonyl (C=O) groups is 1. The van der Waals surface area contributed by atoms with Crippen molar-refractivity contribution in [1.82, 2.24) is 14.9 Å². The van der Waals surface area contributed by atoms with Gasteiger partial charge in [-0.15, -0.1) is 0 Å². The molecule has 2 aliphatic heterocycles. The summed E-state index contributed by atoms with van der Waals surface area (Å²) in [5.41, 5.74) is 1.45. The molecule has 160 valence electrons. The Morgan fingerprint density at radius 3 is 2.52 bits per heavy atom. The standard InChI is InChI=1S/C19H28N4O5S/c1-29(26,27)13-3-15(24)22-7-5-19(6-8-22)4-2-14-16(19)20-18(21-17(14)25)23-9-11-28-12-10-23/h2-13H2,1H3,(H,20,21,25). The summed E-state index contributed by atoms with van der Waals surface area (Å²) in [7, 11) is -3.15. The number of hydrogen-bond donors (Lipinski definition) is 1. The van der Waals surface area contributed by atoms with Gasteiger partial charge in [0.05, 0.1) is 24.7 Å². The van der Waals surface area contributed by atoms with Crippen LogP contribution in [0.2, 0.25) is 0 Å². The third-order valence-corrected chi connectivity index (χ3v) is 7.38. The van der Waals surface area contributed by atoms with E-state index in [1.54, 1.807) is 4.90 Å². The van der Waals surface area contributed by atoms with Crippen LogP contribution < -0.4 is 10.5 Å². The first kappa shape index (κ1) is 20.3. The molecule has 3 heterocycles. The number of rotatable bonds is 4. The van der Waals surface area contributed by atoms with Crippen LogP contribution in [0.25, 0.3) is 0 Å². The van der Waals surface area contributed by atoms with E-state index in [1.165, 1.54) is 0 Å². The molecule has 0 unspecified atom stereocenters. The zero-order chi connectivity index (χ0) is 20.6. The summed E-state index contributed by atoms with van der Waals surface area (Å²) >= 11 is 0. The van der Waals surface area contributed by atoms with Gasteiger partial charge >= 0.3 is 0 Å². The molecule has 29 heavy (non-hydrogen) atoms. The van der Waals surface area contributed by atoms with Crippen molar-refractivity contribution in [3.05, 3.63) is 21.6 Å². The van der Waals surface area contributed by atoms with Gasteiger partial charge in [-0.3, -0.25) is 14.6 Å². The first-order chi connectivity index (χ1) is 13.8. The Kier molecular flexibility index (Phi) is 5.41. The molecule has 4 rings (SSSR count). The highest BCUT2D eigenvalue weighted by atomic mass is 32.2. The van der Waals surface area contributed by atoms with Crippen LogP contribution >= 0.6 is 0 Å². The molecule has 1 amide bonds. The fourth-order valence-corrected chi connectivity index (χ4v) is 5.21. The van der Waals surface area contributed by atoms with E-state index in [1.807, 2.05) is 0 Å². The molecule has 0 aromatic carbocycles. The Balaban J connectivity index is 1.50. The van der Waals surface area contributed by atoms with E-state index in [0.717, 1.165) is 36.8 Å². The molecule has 10 heteroatoms. The predicted molar refractivity (Wildman–Crippen MR) is 108 cm³/mol. The molecule has 1 spiro atoms. The minimum absolute atomic E-state index is 0.0293. The molecular weight excluding hydrogens is 396 g/mol. The maximum absolute atomic E-state index is 12.7. The lowest BCUT2D eigenvalue weighted by Gasteiger charge is -2.39. The number of likely N-dealkylation sites (tertiary alicyclic amines) is 1. The van der Waals surface area contributed by atoms with E-state index >= 15 is 0 Å². The molecule has 1 N–H and O–H groups in total. The second-order valence-electron chi connectivity index (χ2n) is 8.36. The molecule has 0 radical (unpaired) electrons. The summed E-state index contributed by atoms with van der Waals surface area (Å²) in [6, 6.07) is 0. The molecule has 1 aromatic rings. The Morgan fingerprint density at radius 1 is 1.17 bits per heavy atom. The Morgan fingerprint density at radius 2 is 1.86 bits per heavy atom. The van der Waals surface area contributed by atoms with Crippen LogP contribution in [-0.2, 0) is 31.2 Å². The van der Waals surface area contributed by atoms with Crippen LogP contribution in [0.4, 0.5) is 5.95 Å². The van der Waals surface area contributed by atoms with Gasteiger partial charge in [-0.25, -0.2) is 13.4 Å². The van der Waals surface area contributed by atoms with Crippen molar-refractivity contribution in [2.24, 2.45) is 0 Å². The number of fused-ring (bicyclic) bond motifs is 2. The third kappa shape index (κ3) is 4.18. The number of sulfone groups is 1. The van der Waals surface area contributed by atoms with Crippen LogP contribution in [0.3, 0.4) is 0 Å². The van der Waals surface area contributed by atoms with Gasteiger partial charge in [0.25, 0.3) is 5.56 Å². The molecule has 2 fully saturated rings. The number of carbonyl (C=O) groups excluding carboxylic acids is 1. The zero-order valence-electron chi connectivity index (χ0n) is 16.8. The number of piperidine rings is 1. The zero-order valence-corrected chi connectivity index (χ0v) is 17.6. The Hall–Kier alpha value is -1.94. The lowest BCUT2D eigenvalue weighted by atomic mass is 9.76. The second kappa shape index (κ2) is 7.71. The van der Waals surface area contributed by atoms with Gasteiger partial charge in [-0.05, 0) is 25.7 Å². The maximum atomic E-state index is 12.7. The number of nitrogens with one attached hydrogen (secondary N) is 1. The number of H-pyrrole nitrogens is 1. The number of morpholine rings is 1. The van der Waals surface area contributed by atoms with Crippen molar-refractivity contribution in [2.45, 2.75) is 37.5 Å². The molecule has 0 bridgehead atoms. The van der Waals surface area contributed by atoms with Gasteiger partial charge in [0, 0.05) is 49.8 Å². The SMILES string of the molecule is CS(=O)(=O)CCC(=O)N1CCC2(CCc3c2nc(N2CCOCC2)[nH]c3=O)CC1. The molecule has 3 aliphatic rings. The van der Waals surface area contributed by atoms with Gasteiger partial charge in [0.15, 0.2) is 0 Å². The monoisotopic (exact) mass is 424 g/mol. The smallest absolute Gasteiger partial charge is 0.255 e. The van der Waals surface area contributed by atoms with E-state index in [4.69, 9.17) is 9.72 Å². The fourth-order valence-electron chi connectivity index (χ4n) is 4.67. The van der Waals surface area contributed by atoms with Gasteiger partial charge < -0.3 is 14.5 Å². The minimum Gasteiger partial charge on any atom is -0.378 e. The molecular formula is C19H28N4O5S.